The molecule has 21 heavy (non-hydrogen) atoms. The van der Waals surface area contributed by atoms with Gasteiger partial charge in [-0.3, -0.25) is 4.79 Å². The molecule has 1 aromatic rings. The van der Waals surface area contributed by atoms with Crippen molar-refractivity contribution < 1.29 is 18.3 Å². The number of aliphatic carboxylic acids is 1. The maximum atomic E-state index is 12.1. The van der Waals surface area contributed by atoms with Gasteiger partial charge in [-0.2, -0.15) is 5.26 Å². The van der Waals surface area contributed by atoms with Crippen LogP contribution in [0.1, 0.15) is 19.4 Å². The highest BCUT2D eigenvalue weighted by atomic mass is 32.2. The highest BCUT2D eigenvalue weighted by molar-refractivity contribution is 7.91. The van der Waals surface area contributed by atoms with Crippen molar-refractivity contribution in [3.8, 4) is 6.07 Å². The number of benzene rings is 1. The predicted octanol–water partition coefficient (Wildman–Crippen LogP) is 1.03. The Kier molecular flexibility index (Phi) is 5.88. The Morgan fingerprint density at radius 3 is 2.33 bits per heavy atom. The van der Waals surface area contributed by atoms with Crippen molar-refractivity contribution in [2.45, 2.75) is 24.8 Å². The van der Waals surface area contributed by atoms with Gasteiger partial charge in [0.05, 0.1) is 22.3 Å². The predicted molar refractivity (Wildman–Crippen MR) is 77.5 cm³/mol. The zero-order valence-corrected chi connectivity index (χ0v) is 12.7. The molecule has 0 aliphatic heterocycles. The number of nitrogens with zero attached hydrogens (tertiary/aromatic N) is 1. The molecule has 0 saturated heterocycles. The molecule has 6 nitrogen and oxygen atoms in total. The summed E-state index contributed by atoms with van der Waals surface area (Å²) in [6.45, 7) is 3.55. The summed E-state index contributed by atoms with van der Waals surface area (Å²) in [5, 5.41) is 20.4. The van der Waals surface area contributed by atoms with Gasteiger partial charge in [0.15, 0.2) is 9.84 Å². The van der Waals surface area contributed by atoms with Crippen molar-refractivity contribution in [3.05, 3.63) is 29.8 Å². The van der Waals surface area contributed by atoms with Crippen LogP contribution in [-0.4, -0.2) is 37.8 Å². The minimum Gasteiger partial charge on any atom is -0.480 e. The third kappa shape index (κ3) is 4.85. The van der Waals surface area contributed by atoms with E-state index in [0.717, 1.165) is 0 Å². The topological polar surface area (TPSA) is 107 Å². The summed E-state index contributed by atoms with van der Waals surface area (Å²) in [6, 6.07) is 6.78. The Bertz CT molecular complexity index is 630. The van der Waals surface area contributed by atoms with Crippen LogP contribution in [0.2, 0.25) is 0 Å². The van der Waals surface area contributed by atoms with Crippen LogP contribution in [-0.2, 0) is 14.6 Å². The van der Waals surface area contributed by atoms with E-state index >= 15 is 0 Å². The van der Waals surface area contributed by atoms with Gasteiger partial charge in [0.25, 0.3) is 0 Å². The average Bonchev–Trinajstić information content (AvgIpc) is 2.42. The molecule has 0 aliphatic rings. The lowest BCUT2D eigenvalue weighted by atomic mass is 10.1. The molecule has 1 atom stereocenters. The van der Waals surface area contributed by atoms with E-state index in [1.165, 1.54) is 24.3 Å². The summed E-state index contributed by atoms with van der Waals surface area (Å²) in [6.07, 6.45) is 0. The summed E-state index contributed by atoms with van der Waals surface area (Å²) < 4.78 is 24.2. The van der Waals surface area contributed by atoms with Gasteiger partial charge in [0.1, 0.15) is 6.04 Å². The Morgan fingerprint density at radius 2 is 1.90 bits per heavy atom. The molecule has 2 N–H and O–H groups in total. The maximum absolute atomic E-state index is 12.1. The first-order valence-electron chi connectivity index (χ1n) is 6.47. The van der Waals surface area contributed by atoms with Crippen LogP contribution < -0.4 is 5.32 Å². The molecular formula is C14H18N2O4S. The van der Waals surface area contributed by atoms with Crippen LogP contribution in [0.15, 0.2) is 29.2 Å². The molecule has 1 aromatic carbocycles. The summed E-state index contributed by atoms with van der Waals surface area (Å²) in [7, 11) is -3.50. The molecule has 1 rings (SSSR count). The van der Waals surface area contributed by atoms with E-state index in [2.05, 4.69) is 5.32 Å². The lowest BCUT2D eigenvalue weighted by Gasteiger charge is -2.17. The molecule has 0 aromatic heterocycles. The largest absolute Gasteiger partial charge is 0.480 e. The monoisotopic (exact) mass is 310 g/mol. The summed E-state index contributed by atoms with van der Waals surface area (Å²) in [4.78, 5) is 11.1. The number of rotatable bonds is 7. The lowest BCUT2D eigenvalue weighted by Crippen LogP contribution is -2.42. The number of nitriles is 1. The van der Waals surface area contributed by atoms with Crippen molar-refractivity contribution in [1.82, 2.24) is 5.32 Å². The highest BCUT2D eigenvalue weighted by Crippen LogP contribution is 2.12. The highest BCUT2D eigenvalue weighted by Gasteiger charge is 2.22. The zero-order chi connectivity index (χ0) is 16.0. The van der Waals surface area contributed by atoms with Crippen LogP contribution in [0.3, 0.4) is 0 Å². The van der Waals surface area contributed by atoms with Gasteiger partial charge in [-0.25, -0.2) is 8.42 Å². The smallest absolute Gasteiger partial charge is 0.320 e. The van der Waals surface area contributed by atoms with Gasteiger partial charge in [0.2, 0.25) is 0 Å². The Hall–Kier alpha value is -1.91. The summed E-state index contributed by atoms with van der Waals surface area (Å²) in [5.41, 5.74) is 0.387. The number of hydrogen-bond acceptors (Lipinski definition) is 5. The van der Waals surface area contributed by atoms with Crippen LogP contribution in [0.5, 0.6) is 0 Å². The lowest BCUT2D eigenvalue weighted by molar-refractivity contribution is -0.140. The van der Waals surface area contributed by atoms with E-state index in [0.29, 0.717) is 5.56 Å². The van der Waals surface area contributed by atoms with Gasteiger partial charge in [-0.05, 0) is 30.2 Å². The molecule has 7 heteroatoms. The number of sulfone groups is 1. The van der Waals surface area contributed by atoms with Crippen molar-refractivity contribution in [2.75, 3.05) is 12.3 Å². The fourth-order valence-corrected chi connectivity index (χ4v) is 2.98. The fraction of sp³-hybridized carbons (Fsp3) is 0.429. The molecular weight excluding hydrogens is 292 g/mol. The molecule has 0 spiro atoms. The standard InChI is InChI=1S/C14H18N2O4S/c1-10(2)13(14(17)18)16-7-8-21(19,20)12-5-3-11(9-15)4-6-12/h3-6,10,13,16H,7-8H2,1-2H3,(H,17,18). The van der Waals surface area contributed by atoms with Crippen molar-refractivity contribution >= 4 is 15.8 Å². The molecule has 114 valence electrons. The maximum Gasteiger partial charge on any atom is 0.320 e. The zero-order valence-electron chi connectivity index (χ0n) is 11.9. The van der Waals surface area contributed by atoms with Gasteiger partial charge >= 0.3 is 5.97 Å². The first-order chi connectivity index (χ1) is 9.77. The second-order valence-electron chi connectivity index (χ2n) is 4.97. The summed E-state index contributed by atoms with van der Waals surface area (Å²) >= 11 is 0. The van der Waals surface area contributed by atoms with Crippen molar-refractivity contribution in [3.63, 3.8) is 0 Å². The number of carbonyl (C=O) groups is 1. The first kappa shape index (κ1) is 17.1. The Balaban J connectivity index is 2.69. The average molecular weight is 310 g/mol. The van der Waals surface area contributed by atoms with E-state index < -0.39 is 21.8 Å². The van der Waals surface area contributed by atoms with Crippen LogP contribution in [0.25, 0.3) is 0 Å². The second kappa shape index (κ2) is 7.20. The molecule has 0 bridgehead atoms. The van der Waals surface area contributed by atoms with Gasteiger partial charge < -0.3 is 10.4 Å². The molecule has 1 unspecified atom stereocenters. The SMILES string of the molecule is CC(C)C(NCCS(=O)(=O)c1ccc(C#N)cc1)C(=O)O. The van der Waals surface area contributed by atoms with Gasteiger partial charge in [-0.15, -0.1) is 0 Å². The van der Waals surface area contributed by atoms with Crippen LogP contribution >= 0.6 is 0 Å². The molecule has 0 radical (unpaired) electrons. The van der Waals surface area contributed by atoms with Gasteiger partial charge in [-0.1, -0.05) is 13.8 Å². The minimum absolute atomic E-state index is 0.0531. The minimum atomic E-state index is -3.50. The second-order valence-corrected chi connectivity index (χ2v) is 7.08. The quantitative estimate of drug-likeness (QED) is 0.779. The van der Waals surface area contributed by atoms with E-state index in [4.69, 9.17) is 10.4 Å². The number of carboxylic acids is 1. The molecule has 0 heterocycles. The van der Waals surface area contributed by atoms with Crippen LogP contribution in [0, 0.1) is 17.2 Å². The third-order valence-electron chi connectivity index (χ3n) is 3.01. The molecule has 0 aliphatic carbocycles. The Labute approximate surface area is 124 Å². The van der Waals surface area contributed by atoms with Crippen LogP contribution in [0.4, 0.5) is 0 Å². The normalized spacial score (nSPS) is 12.9. The Morgan fingerprint density at radius 1 is 1.33 bits per heavy atom. The van der Waals surface area contributed by atoms with Crippen molar-refractivity contribution in [2.24, 2.45) is 5.92 Å². The van der Waals surface area contributed by atoms with Gasteiger partial charge in [0, 0.05) is 6.54 Å². The molecule has 0 amide bonds. The molecule has 0 fully saturated rings. The fourth-order valence-electron chi connectivity index (χ4n) is 1.81. The number of hydrogen-bond donors (Lipinski definition) is 2. The molecule has 0 saturated carbocycles. The summed E-state index contributed by atoms with van der Waals surface area (Å²) in [5.74, 6) is -1.34. The number of nitrogens with one attached hydrogen (secondary N) is 1. The van der Waals surface area contributed by atoms with E-state index in [1.807, 2.05) is 6.07 Å². The first-order valence-corrected chi connectivity index (χ1v) is 8.12. The van der Waals surface area contributed by atoms with E-state index in [-0.39, 0.29) is 23.1 Å². The number of carboxylic acid groups (broad SMARTS) is 1. The van der Waals surface area contributed by atoms with E-state index in [1.54, 1.807) is 13.8 Å². The third-order valence-corrected chi connectivity index (χ3v) is 4.74. The van der Waals surface area contributed by atoms with E-state index in [9.17, 15) is 13.2 Å². The van der Waals surface area contributed by atoms with Crippen molar-refractivity contribution in [1.29, 1.82) is 5.26 Å².